The molecule has 2 rings (SSSR count). The van der Waals surface area contributed by atoms with E-state index in [0.29, 0.717) is 13.2 Å². The van der Waals surface area contributed by atoms with E-state index >= 15 is 0 Å². The van der Waals surface area contributed by atoms with Gasteiger partial charge in [0, 0.05) is 27.2 Å². The number of amides is 1. The maximum atomic E-state index is 12.1. The number of hydrogen-bond donors (Lipinski definition) is 2. The summed E-state index contributed by atoms with van der Waals surface area (Å²) in [7, 11) is -0.461. The highest BCUT2D eigenvalue weighted by Crippen LogP contribution is 2.18. The Morgan fingerprint density at radius 1 is 1.35 bits per heavy atom. The number of rotatable bonds is 5. The molecular weight excluding hydrogens is 318 g/mol. The van der Waals surface area contributed by atoms with E-state index in [1.165, 1.54) is 18.4 Å². The molecule has 2 N–H and O–H groups in total. The zero-order chi connectivity index (χ0) is 17.0. The van der Waals surface area contributed by atoms with Gasteiger partial charge in [-0.3, -0.25) is 4.79 Å². The molecule has 1 aromatic carbocycles. The summed E-state index contributed by atoms with van der Waals surface area (Å²) in [6.45, 7) is 3.62. The van der Waals surface area contributed by atoms with Gasteiger partial charge in [0.05, 0.1) is 17.5 Å². The topological polar surface area (TPSA) is 87.7 Å². The van der Waals surface area contributed by atoms with E-state index < -0.39 is 16.1 Å². The standard InChI is InChI=1S/C15H23N3O4S/c1-11(17-15(19)14-10-16-8-9-22-14)12-4-6-13(7-5-12)23(20,21)18(2)3/h4-7,11,14,16H,8-10H2,1-3H3,(H,17,19). The van der Waals surface area contributed by atoms with Gasteiger partial charge in [0.15, 0.2) is 0 Å². The third-order valence-electron chi connectivity index (χ3n) is 3.74. The fourth-order valence-corrected chi connectivity index (χ4v) is 3.16. The van der Waals surface area contributed by atoms with Crippen LogP contribution < -0.4 is 10.6 Å². The minimum atomic E-state index is -3.44. The van der Waals surface area contributed by atoms with Gasteiger partial charge in [0.1, 0.15) is 6.10 Å². The van der Waals surface area contributed by atoms with Crippen molar-refractivity contribution in [3.05, 3.63) is 29.8 Å². The second-order valence-corrected chi connectivity index (χ2v) is 7.80. The number of sulfonamides is 1. The molecule has 0 spiro atoms. The lowest BCUT2D eigenvalue weighted by Crippen LogP contribution is -2.48. The minimum absolute atomic E-state index is 0.172. The maximum Gasteiger partial charge on any atom is 0.250 e. The lowest BCUT2D eigenvalue weighted by atomic mass is 10.1. The van der Waals surface area contributed by atoms with Gasteiger partial charge < -0.3 is 15.4 Å². The Hall–Kier alpha value is -1.48. The van der Waals surface area contributed by atoms with Crippen molar-refractivity contribution in [2.24, 2.45) is 0 Å². The fourth-order valence-electron chi connectivity index (χ4n) is 2.26. The summed E-state index contributed by atoms with van der Waals surface area (Å²) < 4.78 is 30.6. The van der Waals surface area contributed by atoms with Crippen molar-refractivity contribution in [2.75, 3.05) is 33.8 Å². The number of carbonyl (C=O) groups excluding carboxylic acids is 1. The van der Waals surface area contributed by atoms with Crippen LogP contribution in [0.15, 0.2) is 29.2 Å². The molecule has 1 aliphatic heterocycles. The molecule has 128 valence electrons. The summed E-state index contributed by atoms with van der Waals surface area (Å²) in [5.74, 6) is -0.172. The normalized spacial score (nSPS) is 20.3. The van der Waals surface area contributed by atoms with Crippen molar-refractivity contribution in [3.8, 4) is 0 Å². The lowest BCUT2D eigenvalue weighted by molar-refractivity contribution is -0.134. The lowest BCUT2D eigenvalue weighted by Gasteiger charge is -2.24. The van der Waals surface area contributed by atoms with E-state index in [2.05, 4.69) is 10.6 Å². The molecule has 1 fully saturated rings. The number of morpholine rings is 1. The molecule has 8 heteroatoms. The number of nitrogens with one attached hydrogen (secondary N) is 2. The highest BCUT2D eigenvalue weighted by atomic mass is 32.2. The fraction of sp³-hybridized carbons (Fsp3) is 0.533. The quantitative estimate of drug-likeness (QED) is 0.793. The predicted octanol–water partition coefficient (Wildman–Crippen LogP) is 0.103. The van der Waals surface area contributed by atoms with Gasteiger partial charge in [0.2, 0.25) is 10.0 Å². The van der Waals surface area contributed by atoms with E-state index in [0.717, 1.165) is 12.1 Å². The second kappa shape index (κ2) is 7.39. The van der Waals surface area contributed by atoms with Gasteiger partial charge >= 0.3 is 0 Å². The predicted molar refractivity (Wildman–Crippen MR) is 86.5 cm³/mol. The molecule has 7 nitrogen and oxygen atoms in total. The number of carbonyl (C=O) groups is 1. The van der Waals surface area contributed by atoms with E-state index in [1.807, 2.05) is 6.92 Å². The minimum Gasteiger partial charge on any atom is -0.366 e. The van der Waals surface area contributed by atoms with Gasteiger partial charge in [-0.05, 0) is 24.6 Å². The highest BCUT2D eigenvalue weighted by Gasteiger charge is 2.23. The van der Waals surface area contributed by atoms with E-state index in [1.54, 1.807) is 24.3 Å². The molecule has 2 unspecified atom stereocenters. The zero-order valence-corrected chi connectivity index (χ0v) is 14.4. The Morgan fingerprint density at radius 2 is 2.00 bits per heavy atom. The van der Waals surface area contributed by atoms with Crippen molar-refractivity contribution < 1.29 is 17.9 Å². The Kier molecular flexibility index (Phi) is 5.74. The van der Waals surface area contributed by atoms with Gasteiger partial charge in [-0.25, -0.2) is 12.7 Å². The van der Waals surface area contributed by atoms with Crippen LogP contribution in [-0.2, 0) is 19.6 Å². The van der Waals surface area contributed by atoms with E-state index in [-0.39, 0.29) is 16.8 Å². The van der Waals surface area contributed by atoms with Gasteiger partial charge in [-0.2, -0.15) is 0 Å². The molecule has 0 saturated carbocycles. The molecule has 1 aliphatic rings. The summed E-state index contributed by atoms with van der Waals surface area (Å²) in [6.07, 6.45) is -0.486. The number of ether oxygens (including phenoxy) is 1. The molecule has 0 bridgehead atoms. The number of nitrogens with zero attached hydrogens (tertiary/aromatic N) is 1. The number of hydrogen-bond acceptors (Lipinski definition) is 5. The molecule has 0 aromatic heterocycles. The van der Waals surface area contributed by atoms with Crippen LogP contribution in [0.1, 0.15) is 18.5 Å². The molecular formula is C15H23N3O4S. The van der Waals surface area contributed by atoms with Gasteiger partial charge in [0.25, 0.3) is 5.91 Å². The number of benzene rings is 1. The second-order valence-electron chi connectivity index (χ2n) is 5.65. The Labute approximate surface area is 137 Å². The Balaban J connectivity index is 2.02. The average Bonchev–Trinajstić information content (AvgIpc) is 2.55. The Bertz CT molecular complexity index is 637. The van der Waals surface area contributed by atoms with Crippen LogP contribution in [0.4, 0.5) is 0 Å². The van der Waals surface area contributed by atoms with Crippen molar-refractivity contribution in [2.45, 2.75) is 24.0 Å². The largest absolute Gasteiger partial charge is 0.366 e. The molecule has 1 amide bonds. The first-order valence-corrected chi connectivity index (χ1v) is 8.91. The zero-order valence-electron chi connectivity index (χ0n) is 13.6. The van der Waals surface area contributed by atoms with Crippen LogP contribution in [0.25, 0.3) is 0 Å². The summed E-state index contributed by atoms with van der Waals surface area (Å²) in [5, 5.41) is 5.99. The first-order valence-electron chi connectivity index (χ1n) is 7.47. The van der Waals surface area contributed by atoms with Crippen molar-refractivity contribution in [1.82, 2.24) is 14.9 Å². The van der Waals surface area contributed by atoms with Crippen LogP contribution in [-0.4, -0.2) is 58.5 Å². The smallest absolute Gasteiger partial charge is 0.250 e. The highest BCUT2D eigenvalue weighted by molar-refractivity contribution is 7.89. The van der Waals surface area contributed by atoms with Gasteiger partial charge in [-0.15, -0.1) is 0 Å². The Morgan fingerprint density at radius 3 is 2.52 bits per heavy atom. The molecule has 0 aliphatic carbocycles. The monoisotopic (exact) mass is 341 g/mol. The van der Waals surface area contributed by atoms with Crippen molar-refractivity contribution in [1.29, 1.82) is 0 Å². The SMILES string of the molecule is CC(NC(=O)C1CNCCO1)c1ccc(S(=O)(=O)N(C)C)cc1. The molecule has 1 aromatic rings. The third kappa shape index (κ3) is 4.29. The van der Waals surface area contributed by atoms with Gasteiger partial charge in [-0.1, -0.05) is 12.1 Å². The van der Waals surface area contributed by atoms with E-state index in [4.69, 9.17) is 4.74 Å². The molecule has 1 saturated heterocycles. The van der Waals surface area contributed by atoms with E-state index in [9.17, 15) is 13.2 Å². The summed E-state index contributed by atoms with van der Waals surface area (Å²) in [5.41, 5.74) is 0.833. The van der Waals surface area contributed by atoms with Crippen LogP contribution in [0.3, 0.4) is 0 Å². The molecule has 23 heavy (non-hydrogen) atoms. The first kappa shape index (κ1) is 17.9. The van der Waals surface area contributed by atoms with Crippen molar-refractivity contribution >= 4 is 15.9 Å². The summed E-state index contributed by atoms with van der Waals surface area (Å²) >= 11 is 0. The van der Waals surface area contributed by atoms with Crippen molar-refractivity contribution in [3.63, 3.8) is 0 Å². The van der Waals surface area contributed by atoms with Crippen LogP contribution in [0, 0.1) is 0 Å². The first-order chi connectivity index (χ1) is 10.8. The average molecular weight is 341 g/mol. The third-order valence-corrected chi connectivity index (χ3v) is 5.57. The molecule has 2 atom stereocenters. The van der Waals surface area contributed by atoms with Crippen LogP contribution in [0.2, 0.25) is 0 Å². The molecule has 1 heterocycles. The van der Waals surface area contributed by atoms with Crippen LogP contribution >= 0.6 is 0 Å². The maximum absolute atomic E-state index is 12.1. The van der Waals surface area contributed by atoms with Crippen LogP contribution in [0.5, 0.6) is 0 Å². The summed E-state index contributed by atoms with van der Waals surface area (Å²) in [6, 6.07) is 6.28. The molecule has 0 radical (unpaired) electrons. The summed E-state index contributed by atoms with van der Waals surface area (Å²) in [4.78, 5) is 12.3.